The summed E-state index contributed by atoms with van der Waals surface area (Å²) in [4.78, 5) is 4.15. The van der Waals surface area contributed by atoms with Gasteiger partial charge in [-0.15, -0.1) is 5.10 Å². The molecule has 1 atom stereocenters. The Labute approximate surface area is 71.6 Å². The van der Waals surface area contributed by atoms with E-state index < -0.39 is 0 Å². The molecule has 0 aromatic heterocycles. The highest BCUT2D eigenvalue weighted by Gasteiger charge is 2.27. The molecule has 2 aliphatic heterocycles. The van der Waals surface area contributed by atoms with Crippen molar-refractivity contribution < 1.29 is 0 Å². The molecule has 0 radical (unpaired) electrons. The molecule has 0 amide bonds. The zero-order chi connectivity index (χ0) is 8.55. The normalized spacial score (nSPS) is 25.8. The van der Waals surface area contributed by atoms with Crippen molar-refractivity contribution in [1.82, 2.24) is 0 Å². The average molecular weight is 161 g/mol. The first kappa shape index (κ1) is 7.40. The van der Waals surface area contributed by atoms with Crippen LogP contribution in [0, 0.1) is 11.8 Å². The summed E-state index contributed by atoms with van der Waals surface area (Å²) in [6.07, 6.45) is 5.80. The summed E-state index contributed by atoms with van der Waals surface area (Å²) in [5, 5.41) is 8.14. The van der Waals surface area contributed by atoms with Gasteiger partial charge in [0.1, 0.15) is 0 Å². The first-order valence-electron chi connectivity index (χ1n) is 4.15. The van der Waals surface area contributed by atoms with Crippen LogP contribution in [-0.2, 0) is 0 Å². The van der Waals surface area contributed by atoms with Crippen LogP contribution >= 0.6 is 0 Å². The monoisotopic (exact) mass is 161 g/mol. The quantitative estimate of drug-likeness (QED) is 0.561. The Morgan fingerprint density at radius 2 is 2.17 bits per heavy atom. The van der Waals surface area contributed by atoms with Gasteiger partial charge >= 0.3 is 0 Å². The molecule has 2 rings (SSSR count). The molecule has 0 aliphatic carbocycles. The molecule has 0 saturated carbocycles. The van der Waals surface area contributed by atoms with Crippen LogP contribution in [0.4, 0.5) is 0 Å². The first-order chi connectivity index (χ1) is 5.79. The molecule has 1 unspecified atom stereocenters. The molecule has 0 fully saturated rings. The van der Waals surface area contributed by atoms with Gasteiger partial charge in [-0.05, 0) is 12.0 Å². The number of hydrogen-bond donors (Lipinski definition) is 0. The van der Waals surface area contributed by atoms with Crippen LogP contribution in [0.2, 0.25) is 0 Å². The number of fused-ring (bicyclic) bond motifs is 1. The third-order valence-corrected chi connectivity index (χ3v) is 2.05. The summed E-state index contributed by atoms with van der Waals surface area (Å²) in [5.41, 5.74) is 1.12. The van der Waals surface area contributed by atoms with Crippen molar-refractivity contribution in [3.8, 4) is 0 Å². The molecule has 0 N–H and O–H groups in total. The molecule has 0 spiro atoms. The van der Waals surface area contributed by atoms with Gasteiger partial charge < -0.3 is 0 Å². The van der Waals surface area contributed by atoms with Gasteiger partial charge in [-0.3, -0.25) is 0 Å². The average Bonchev–Trinajstić information content (AvgIpc) is 2.47. The van der Waals surface area contributed by atoms with Crippen molar-refractivity contribution in [2.45, 2.75) is 13.8 Å². The van der Waals surface area contributed by atoms with Crippen molar-refractivity contribution in [2.24, 2.45) is 27.0 Å². The Balaban J connectivity index is 2.27. The second kappa shape index (κ2) is 2.66. The number of amidine groups is 1. The van der Waals surface area contributed by atoms with Gasteiger partial charge in [-0.1, -0.05) is 19.9 Å². The highest BCUT2D eigenvalue weighted by molar-refractivity contribution is 6.15. The number of allylic oxidation sites excluding steroid dienone is 1. The standard InChI is InChI=1S/C9H11N3/c1-6(2)8-7-4-3-5-10-9(7)12-11-8/h3-7H,1-2H3. The van der Waals surface area contributed by atoms with Crippen LogP contribution in [-0.4, -0.2) is 17.8 Å². The number of rotatable bonds is 1. The molecule has 3 heteroatoms. The van der Waals surface area contributed by atoms with E-state index in [0.717, 1.165) is 11.5 Å². The summed E-state index contributed by atoms with van der Waals surface area (Å²) >= 11 is 0. The summed E-state index contributed by atoms with van der Waals surface area (Å²) in [7, 11) is 0. The van der Waals surface area contributed by atoms with E-state index in [0.29, 0.717) is 5.92 Å². The zero-order valence-corrected chi connectivity index (χ0v) is 7.23. The second-order valence-corrected chi connectivity index (χ2v) is 3.28. The van der Waals surface area contributed by atoms with Crippen molar-refractivity contribution in [2.75, 3.05) is 0 Å². The number of aliphatic imine (C=N–C) groups is 1. The van der Waals surface area contributed by atoms with Crippen LogP contribution in [0.5, 0.6) is 0 Å². The van der Waals surface area contributed by atoms with E-state index in [1.165, 1.54) is 0 Å². The van der Waals surface area contributed by atoms with E-state index in [2.05, 4.69) is 35.1 Å². The summed E-state index contributed by atoms with van der Waals surface area (Å²) < 4.78 is 0. The van der Waals surface area contributed by atoms with Crippen LogP contribution in [0.15, 0.2) is 27.3 Å². The lowest BCUT2D eigenvalue weighted by atomic mass is 9.93. The SMILES string of the molecule is CC(C)C1=NN=C2N=CC=CC21. The predicted octanol–water partition coefficient (Wildman–Crippen LogP) is 1.67. The highest BCUT2D eigenvalue weighted by Crippen LogP contribution is 2.21. The minimum atomic E-state index is 0.245. The van der Waals surface area contributed by atoms with Crippen LogP contribution in [0.25, 0.3) is 0 Å². The Hall–Kier alpha value is -1.25. The maximum Gasteiger partial charge on any atom is 0.163 e. The number of dihydropyridines is 1. The minimum absolute atomic E-state index is 0.245. The molecule has 2 heterocycles. The Morgan fingerprint density at radius 1 is 1.33 bits per heavy atom. The summed E-state index contributed by atoms with van der Waals surface area (Å²) in [6, 6.07) is 0. The zero-order valence-electron chi connectivity index (χ0n) is 7.23. The highest BCUT2D eigenvalue weighted by atomic mass is 15.3. The minimum Gasteiger partial charge on any atom is -0.239 e. The van der Waals surface area contributed by atoms with Crippen molar-refractivity contribution in [3.05, 3.63) is 12.2 Å². The van der Waals surface area contributed by atoms with Crippen molar-refractivity contribution in [3.63, 3.8) is 0 Å². The lowest BCUT2D eigenvalue weighted by Crippen LogP contribution is -2.22. The molecule has 0 aromatic carbocycles. The largest absolute Gasteiger partial charge is 0.239 e. The lowest BCUT2D eigenvalue weighted by Gasteiger charge is -2.12. The molecular formula is C9H11N3. The van der Waals surface area contributed by atoms with Crippen LogP contribution < -0.4 is 0 Å². The van der Waals surface area contributed by atoms with Gasteiger partial charge in [0.15, 0.2) is 5.84 Å². The molecular weight excluding hydrogens is 150 g/mol. The Morgan fingerprint density at radius 3 is 2.92 bits per heavy atom. The van der Waals surface area contributed by atoms with E-state index in [1.54, 1.807) is 6.21 Å². The lowest BCUT2D eigenvalue weighted by molar-refractivity contribution is 0.848. The number of hydrogen-bond acceptors (Lipinski definition) is 3. The van der Waals surface area contributed by atoms with Crippen LogP contribution in [0.3, 0.4) is 0 Å². The maximum atomic E-state index is 4.15. The van der Waals surface area contributed by atoms with Gasteiger partial charge in [0.2, 0.25) is 0 Å². The van der Waals surface area contributed by atoms with Gasteiger partial charge in [0, 0.05) is 6.21 Å². The molecule has 62 valence electrons. The molecule has 2 aliphatic rings. The summed E-state index contributed by atoms with van der Waals surface area (Å²) in [6.45, 7) is 4.26. The molecule has 0 bridgehead atoms. The number of nitrogens with zero attached hydrogens (tertiary/aromatic N) is 3. The van der Waals surface area contributed by atoms with Gasteiger partial charge in [-0.25, -0.2) is 4.99 Å². The van der Waals surface area contributed by atoms with Gasteiger partial charge in [-0.2, -0.15) is 5.10 Å². The van der Waals surface area contributed by atoms with Crippen molar-refractivity contribution in [1.29, 1.82) is 0 Å². The van der Waals surface area contributed by atoms with Crippen LogP contribution in [0.1, 0.15) is 13.8 Å². The van der Waals surface area contributed by atoms with E-state index in [9.17, 15) is 0 Å². The Kier molecular flexibility index (Phi) is 1.64. The van der Waals surface area contributed by atoms with E-state index in [1.807, 2.05) is 6.08 Å². The molecule has 3 nitrogen and oxygen atoms in total. The van der Waals surface area contributed by atoms with Crippen molar-refractivity contribution >= 4 is 17.8 Å². The van der Waals surface area contributed by atoms with E-state index in [4.69, 9.17) is 0 Å². The first-order valence-corrected chi connectivity index (χ1v) is 4.15. The predicted molar refractivity (Wildman–Crippen MR) is 50.8 cm³/mol. The smallest absolute Gasteiger partial charge is 0.163 e. The topological polar surface area (TPSA) is 37.1 Å². The summed E-state index contributed by atoms with van der Waals surface area (Å²) in [5.74, 6) is 1.53. The fourth-order valence-corrected chi connectivity index (χ4v) is 1.41. The molecule has 0 saturated heterocycles. The third kappa shape index (κ3) is 1.02. The van der Waals surface area contributed by atoms with E-state index in [-0.39, 0.29) is 5.92 Å². The van der Waals surface area contributed by atoms with Gasteiger partial charge in [0.25, 0.3) is 0 Å². The fraction of sp³-hybridized carbons (Fsp3) is 0.444. The third-order valence-electron chi connectivity index (χ3n) is 2.05. The Bertz CT molecular complexity index is 308. The van der Waals surface area contributed by atoms with E-state index >= 15 is 0 Å². The second-order valence-electron chi connectivity index (χ2n) is 3.28. The fourth-order valence-electron chi connectivity index (χ4n) is 1.41. The molecule has 12 heavy (non-hydrogen) atoms. The van der Waals surface area contributed by atoms with Gasteiger partial charge in [0.05, 0.1) is 11.6 Å². The maximum absolute atomic E-state index is 4.15. The molecule has 0 aromatic rings.